The summed E-state index contributed by atoms with van der Waals surface area (Å²) in [4.78, 5) is -0.0873. The first-order valence-electron chi connectivity index (χ1n) is 6.57. The van der Waals surface area contributed by atoms with Crippen LogP contribution in [0.5, 0.6) is 0 Å². The zero-order valence-electron chi connectivity index (χ0n) is 11.3. The summed E-state index contributed by atoms with van der Waals surface area (Å²) in [6.07, 6.45) is 0. The van der Waals surface area contributed by atoms with E-state index < -0.39 is 0 Å². The minimum atomic E-state index is -0.122. The number of aromatic nitrogens is 2. The molecule has 0 aliphatic heterocycles. The Morgan fingerprint density at radius 3 is 2.23 bits per heavy atom. The van der Waals surface area contributed by atoms with E-state index in [0.717, 1.165) is 11.1 Å². The Morgan fingerprint density at radius 1 is 0.864 bits per heavy atom. The Hall–Kier alpha value is -1.17. The van der Waals surface area contributed by atoms with Crippen molar-refractivity contribution in [3.8, 4) is 11.5 Å². The maximum Gasteiger partial charge on any atom is 0.247 e. The molecule has 0 amide bonds. The lowest BCUT2D eigenvalue weighted by molar-refractivity contribution is 0.502. The molecule has 112 valence electrons. The van der Waals surface area contributed by atoms with Crippen LogP contribution in [0, 0.1) is 0 Å². The zero-order valence-corrected chi connectivity index (χ0v) is 15.2. The van der Waals surface area contributed by atoms with Gasteiger partial charge in [-0.3, -0.25) is 0 Å². The molecule has 0 aliphatic rings. The monoisotopic (exact) mass is 440 g/mol. The Morgan fingerprint density at radius 2 is 1.55 bits per heavy atom. The summed E-state index contributed by atoms with van der Waals surface area (Å²) in [6, 6.07) is 17.4. The van der Waals surface area contributed by atoms with Crippen LogP contribution in [-0.2, 0) is 0 Å². The lowest BCUT2D eigenvalue weighted by Gasteiger charge is -2.13. The van der Waals surface area contributed by atoms with E-state index in [1.54, 1.807) is 12.1 Å². The van der Waals surface area contributed by atoms with E-state index in [9.17, 15) is 0 Å². The predicted octanol–water partition coefficient (Wildman–Crippen LogP) is 5.96. The molecule has 3 nitrogen and oxygen atoms in total. The van der Waals surface area contributed by atoms with Crippen molar-refractivity contribution in [3.63, 3.8) is 0 Å². The van der Waals surface area contributed by atoms with Crippen LogP contribution in [0.1, 0.15) is 21.1 Å². The fourth-order valence-electron chi connectivity index (χ4n) is 1.99. The topological polar surface area (TPSA) is 38.9 Å². The molecule has 0 radical (unpaired) electrons. The predicted molar refractivity (Wildman–Crippen MR) is 94.5 cm³/mol. The van der Waals surface area contributed by atoms with Crippen LogP contribution in [0.4, 0.5) is 0 Å². The van der Waals surface area contributed by atoms with Crippen molar-refractivity contribution in [3.05, 3.63) is 71.1 Å². The van der Waals surface area contributed by atoms with Crippen LogP contribution in [0.2, 0.25) is 5.02 Å². The minimum Gasteiger partial charge on any atom is -0.419 e. The van der Waals surface area contributed by atoms with Gasteiger partial charge in [-0.05, 0) is 29.8 Å². The number of hydrogen-bond donors (Lipinski definition) is 0. The molecule has 1 aromatic heterocycles. The molecule has 0 spiro atoms. The standard InChI is InChI=1S/C16H11Br2ClN2O/c17-13(10-4-2-1-3-5-10)14(18)16-21-20-15(22-16)11-6-8-12(19)9-7-11/h1-9,13-14H. The smallest absolute Gasteiger partial charge is 0.247 e. The van der Waals surface area contributed by atoms with Crippen molar-refractivity contribution < 1.29 is 4.42 Å². The fourth-order valence-corrected chi connectivity index (χ4v) is 3.13. The van der Waals surface area contributed by atoms with Crippen molar-refractivity contribution in [2.24, 2.45) is 0 Å². The van der Waals surface area contributed by atoms with Crippen LogP contribution in [0.25, 0.3) is 11.5 Å². The molecule has 3 aromatic rings. The molecule has 0 fully saturated rings. The van der Waals surface area contributed by atoms with E-state index >= 15 is 0 Å². The second kappa shape index (κ2) is 6.94. The van der Waals surface area contributed by atoms with Gasteiger partial charge in [0.1, 0.15) is 4.83 Å². The Kier molecular flexibility index (Phi) is 4.96. The molecule has 2 unspecified atom stereocenters. The van der Waals surface area contributed by atoms with Crippen molar-refractivity contribution in [1.29, 1.82) is 0 Å². The van der Waals surface area contributed by atoms with Gasteiger partial charge in [-0.2, -0.15) is 0 Å². The Labute approximate surface area is 150 Å². The highest BCUT2D eigenvalue weighted by molar-refractivity contribution is 9.12. The van der Waals surface area contributed by atoms with Crippen LogP contribution >= 0.6 is 43.5 Å². The largest absolute Gasteiger partial charge is 0.419 e. The van der Waals surface area contributed by atoms with Crippen LogP contribution < -0.4 is 0 Å². The first kappa shape index (κ1) is 15.7. The third kappa shape index (κ3) is 3.42. The molecule has 0 bridgehead atoms. The molecular formula is C16H11Br2ClN2O. The van der Waals surface area contributed by atoms with Gasteiger partial charge in [0.15, 0.2) is 0 Å². The normalized spacial score (nSPS) is 13.8. The van der Waals surface area contributed by atoms with E-state index in [0.29, 0.717) is 16.8 Å². The Balaban J connectivity index is 1.82. The maximum absolute atomic E-state index is 5.88. The van der Waals surface area contributed by atoms with Gasteiger partial charge in [-0.1, -0.05) is 73.8 Å². The van der Waals surface area contributed by atoms with Crippen molar-refractivity contribution in [2.75, 3.05) is 0 Å². The summed E-state index contributed by atoms with van der Waals surface area (Å²) >= 11 is 13.2. The number of nitrogens with zero attached hydrogens (tertiary/aromatic N) is 2. The first-order chi connectivity index (χ1) is 10.6. The van der Waals surface area contributed by atoms with E-state index in [1.807, 2.05) is 42.5 Å². The van der Waals surface area contributed by atoms with E-state index in [-0.39, 0.29) is 9.65 Å². The highest BCUT2D eigenvalue weighted by atomic mass is 79.9. The lowest BCUT2D eigenvalue weighted by atomic mass is 10.1. The van der Waals surface area contributed by atoms with Crippen molar-refractivity contribution >= 4 is 43.5 Å². The van der Waals surface area contributed by atoms with Crippen LogP contribution in [-0.4, -0.2) is 10.2 Å². The van der Waals surface area contributed by atoms with E-state index in [4.69, 9.17) is 16.0 Å². The van der Waals surface area contributed by atoms with Gasteiger partial charge in [0, 0.05) is 10.6 Å². The average Bonchev–Trinajstić information content (AvgIpc) is 3.05. The molecule has 0 saturated carbocycles. The van der Waals surface area contributed by atoms with E-state index in [2.05, 4.69) is 42.1 Å². The number of halogens is 3. The molecule has 3 rings (SSSR count). The average molecular weight is 443 g/mol. The molecule has 22 heavy (non-hydrogen) atoms. The summed E-state index contributed by atoms with van der Waals surface area (Å²) < 4.78 is 5.77. The van der Waals surface area contributed by atoms with Crippen LogP contribution in [0.3, 0.4) is 0 Å². The molecule has 0 saturated heterocycles. The van der Waals surface area contributed by atoms with Gasteiger partial charge in [-0.25, -0.2) is 0 Å². The van der Waals surface area contributed by atoms with Crippen LogP contribution in [0.15, 0.2) is 59.0 Å². The van der Waals surface area contributed by atoms with Gasteiger partial charge in [0.05, 0.1) is 4.83 Å². The summed E-state index contributed by atoms with van der Waals surface area (Å²) in [5.41, 5.74) is 1.98. The molecule has 2 aromatic carbocycles. The molecular weight excluding hydrogens is 431 g/mol. The second-order valence-corrected chi connectivity index (χ2v) is 7.08. The number of hydrogen-bond acceptors (Lipinski definition) is 3. The molecule has 1 heterocycles. The van der Waals surface area contributed by atoms with Gasteiger partial charge >= 0.3 is 0 Å². The molecule has 6 heteroatoms. The summed E-state index contributed by atoms with van der Waals surface area (Å²) in [6.45, 7) is 0. The minimum absolute atomic E-state index is 0.0345. The lowest BCUT2D eigenvalue weighted by Crippen LogP contribution is -1.99. The summed E-state index contributed by atoms with van der Waals surface area (Å²) in [5.74, 6) is 1.000. The summed E-state index contributed by atoms with van der Waals surface area (Å²) in [5, 5.41) is 8.91. The van der Waals surface area contributed by atoms with Gasteiger partial charge in [0.25, 0.3) is 0 Å². The molecule has 2 atom stereocenters. The number of rotatable bonds is 4. The number of benzene rings is 2. The number of alkyl halides is 2. The van der Waals surface area contributed by atoms with Crippen molar-refractivity contribution in [1.82, 2.24) is 10.2 Å². The Bertz CT molecular complexity index is 746. The molecule has 0 aliphatic carbocycles. The summed E-state index contributed by atoms with van der Waals surface area (Å²) in [7, 11) is 0. The van der Waals surface area contributed by atoms with Crippen molar-refractivity contribution in [2.45, 2.75) is 9.65 Å². The quantitative estimate of drug-likeness (QED) is 0.468. The van der Waals surface area contributed by atoms with Gasteiger partial charge in [0.2, 0.25) is 11.8 Å². The van der Waals surface area contributed by atoms with Gasteiger partial charge < -0.3 is 4.42 Å². The third-order valence-electron chi connectivity index (χ3n) is 3.14. The second-order valence-electron chi connectivity index (χ2n) is 4.67. The maximum atomic E-state index is 5.88. The molecule has 0 N–H and O–H groups in total. The SMILES string of the molecule is Clc1ccc(-c2nnc(C(Br)C(Br)c3ccccc3)o2)cc1. The first-order valence-corrected chi connectivity index (χ1v) is 8.78. The van der Waals surface area contributed by atoms with E-state index in [1.165, 1.54) is 0 Å². The fraction of sp³-hybridized carbons (Fsp3) is 0.125. The zero-order chi connectivity index (χ0) is 15.5. The third-order valence-corrected chi connectivity index (χ3v) is 6.08. The highest BCUT2D eigenvalue weighted by Crippen LogP contribution is 2.42. The van der Waals surface area contributed by atoms with Gasteiger partial charge in [-0.15, -0.1) is 10.2 Å². The highest BCUT2D eigenvalue weighted by Gasteiger charge is 2.25.